The topological polar surface area (TPSA) is 76.2 Å². The van der Waals surface area contributed by atoms with E-state index in [1.54, 1.807) is 24.3 Å². The van der Waals surface area contributed by atoms with Gasteiger partial charge < -0.3 is 9.47 Å². The van der Waals surface area contributed by atoms with Gasteiger partial charge in [0.05, 0.1) is 24.2 Å². The van der Waals surface area contributed by atoms with E-state index in [0.717, 1.165) is 5.56 Å². The molecule has 1 aromatic rings. The van der Waals surface area contributed by atoms with Crippen LogP contribution in [0.1, 0.15) is 18.4 Å². The van der Waals surface area contributed by atoms with Gasteiger partial charge in [0, 0.05) is 6.54 Å². The number of carbonyl (C=O) groups excluding carboxylic acids is 1. The Hall–Kier alpha value is -1.44. The first kappa shape index (κ1) is 15.5. The molecular formula is C15H19NO5S. The fraction of sp³-hybridized carbons (Fsp3) is 0.533. The molecule has 0 bridgehead atoms. The van der Waals surface area contributed by atoms with Crippen molar-refractivity contribution in [1.82, 2.24) is 4.31 Å². The van der Waals surface area contributed by atoms with E-state index in [-0.39, 0.29) is 23.6 Å². The summed E-state index contributed by atoms with van der Waals surface area (Å²) in [6.07, 6.45) is 1.03. The van der Waals surface area contributed by atoms with Crippen molar-refractivity contribution < 1.29 is 22.7 Å². The summed E-state index contributed by atoms with van der Waals surface area (Å²) < 4.78 is 37.3. The molecule has 2 fully saturated rings. The van der Waals surface area contributed by atoms with Crippen molar-refractivity contribution in [1.29, 1.82) is 0 Å². The number of nitrogens with zero attached hydrogens (tertiary/aromatic N) is 1. The van der Waals surface area contributed by atoms with Gasteiger partial charge in [-0.2, -0.15) is 4.31 Å². The Morgan fingerprint density at radius 3 is 2.55 bits per heavy atom. The number of sulfonamides is 1. The van der Waals surface area contributed by atoms with Crippen molar-refractivity contribution in [3.05, 3.63) is 29.8 Å². The van der Waals surface area contributed by atoms with Gasteiger partial charge in [-0.25, -0.2) is 8.42 Å². The van der Waals surface area contributed by atoms with Crippen molar-refractivity contribution in [3.63, 3.8) is 0 Å². The Balaban J connectivity index is 1.96. The van der Waals surface area contributed by atoms with Gasteiger partial charge in [0.25, 0.3) is 0 Å². The van der Waals surface area contributed by atoms with Crippen LogP contribution >= 0.6 is 0 Å². The van der Waals surface area contributed by atoms with Crippen LogP contribution in [0.15, 0.2) is 29.2 Å². The van der Waals surface area contributed by atoms with E-state index >= 15 is 0 Å². The number of fused-ring (bicyclic) bond motifs is 1. The third-order valence-corrected chi connectivity index (χ3v) is 6.11. The summed E-state index contributed by atoms with van der Waals surface area (Å²) in [5.74, 6) is -0.517. The predicted octanol–water partition coefficient (Wildman–Crippen LogP) is 1.09. The van der Waals surface area contributed by atoms with Gasteiger partial charge in [-0.1, -0.05) is 17.7 Å². The Bertz CT molecular complexity index is 670. The molecule has 1 aromatic carbocycles. The number of carbonyl (C=O) groups is 1. The minimum Gasteiger partial charge on any atom is -0.468 e. The van der Waals surface area contributed by atoms with Crippen LogP contribution in [0.4, 0.5) is 0 Å². The number of benzene rings is 1. The Morgan fingerprint density at radius 2 is 1.91 bits per heavy atom. The highest BCUT2D eigenvalue weighted by atomic mass is 32.2. The Labute approximate surface area is 130 Å². The Morgan fingerprint density at radius 1 is 1.23 bits per heavy atom. The van der Waals surface area contributed by atoms with Crippen LogP contribution in [-0.4, -0.2) is 50.6 Å². The summed E-state index contributed by atoms with van der Waals surface area (Å²) >= 11 is 0. The number of aryl methyl sites for hydroxylation is 1. The van der Waals surface area contributed by atoms with Gasteiger partial charge in [0.15, 0.2) is 0 Å². The van der Waals surface area contributed by atoms with E-state index in [9.17, 15) is 13.2 Å². The van der Waals surface area contributed by atoms with Crippen LogP contribution in [0.2, 0.25) is 0 Å². The molecule has 6 nitrogen and oxygen atoms in total. The molecule has 0 N–H and O–H groups in total. The first-order valence-corrected chi connectivity index (χ1v) is 8.69. The molecule has 0 unspecified atom stereocenters. The van der Waals surface area contributed by atoms with Crippen LogP contribution in [-0.2, 0) is 24.3 Å². The molecule has 3 atom stereocenters. The SMILES string of the molecule is COC(=O)[C@@H]1CC[C@@H]2O[C@@H]2CN1S(=O)(=O)c1ccc(C)cc1. The molecule has 0 aromatic heterocycles. The van der Waals surface area contributed by atoms with E-state index in [1.807, 2.05) is 6.92 Å². The maximum Gasteiger partial charge on any atom is 0.324 e. The number of hydrogen-bond donors (Lipinski definition) is 0. The molecule has 2 saturated heterocycles. The smallest absolute Gasteiger partial charge is 0.324 e. The summed E-state index contributed by atoms with van der Waals surface area (Å²) in [6, 6.07) is 5.83. The number of esters is 1. The van der Waals surface area contributed by atoms with Gasteiger partial charge in [-0.3, -0.25) is 4.79 Å². The van der Waals surface area contributed by atoms with Crippen LogP contribution in [0.3, 0.4) is 0 Å². The number of ether oxygens (including phenoxy) is 2. The van der Waals surface area contributed by atoms with Crippen molar-refractivity contribution in [2.45, 2.75) is 42.9 Å². The van der Waals surface area contributed by atoms with Crippen molar-refractivity contribution in [3.8, 4) is 0 Å². The highest BCUT2D eigenvalue weighted by Gasteiger charge is 2.49. The Kier molecular flexibility index (Phi) is 3.96. The average molecular weight is 325 g/mol. The predicted molar refractivity (Wildman–Crippen MR) is 78.8 cm³/mol. The molecule has 0 saturated carbocycles. The van der Waals surface area contributed by atoms with E-state index < -0.39 is 22.0 Å². The van der Waals surface area contributed by atoms with Gasteiger partial charge in [0.2, 0.25) is 10.0 Å². The zero-order valence-corrected chi connectivity index (χ0v) is 13.4. The fourth-order valence-electron chi connectivity index (χ4n) is 2.85. The van der Waals surface area contributed by atoms with E-state index in [0.29, 0.717) is 12.8 Å². The largest absolute Gasteiger partial charge is 0.468 e. The van der Waals surface area contributed by atoms with Gasteiger partial charge in [0.1, 0.15) is 6.04 Å². The first-order chi connectivity index (χ1) is 10.4. The third kappa shape index (κ3) is 2.76. The van der Waals surface area contributed by atoms with Crippen LogP contribution < -0.4 is 0 Å². The lowest BCUT2D eigenvalue weighted by atomic mass is 10.1. The van der Waals surface area contributed by atoms with Gasteiger partial charge in [-0.05, 0) is 31.9 Å². The number of methoxy groups -OCH3 is 1. The quantitative estimate of drug-likeness (QED) is 0.614. The number of epoxide rings is 1. The molecule has 0 amide bonds. The van der Waals surface area contributed by atoms with Crippen LogP contribution in [0.25, 0.3) is 0 Å². The van der Waals surface area contributed by atoms with E-state index in [2.05, 4.69) is 0 Å². The fourth-order valence-corrected chi connectivity index (χ4v) is 4.47. The van der Waals surface area contributed by atoms with Crippen LogP contribution in [0.5, 0.6) is 0 Å². The second-order valence-corrected chi connectivity index (χ2v) is 7.61. The highest BCUT2D eigenvalue weighted by Crippen LogP contribution is 2.35. The summed E-state index contributed by atoms with van der Waals surface area (Å²) in [5.41, 5.74) is 0.977. The standard InChI is InChI=1S/C15H19NO5S/c1-10-3-5-11(6-4-10)22(18,19)16-9-14-13(21-14)8-7-12(16)15(17)20-2/h3-6,12-14H,7-9H2,1-2H3/t12-,13-,14+/m0/s1. The van der Waals surface area contributed by atoms with E-state index in [4.69, 9.17) is 9.47 Å². The number of hydrogen-bond acceptors (Lipinski definition) is 5. The lowest BCUT2D eigenvalue weighted by molar-refractivity contribution is -0.145. The van der Waals surface area contributed by atoms with Crippen molar-refractivity contribution >= 4 is 16.0 Å². The average Bonchev–Trinajstić information content (AvgIpc) is 3.24. The molecule has 2 aliphatic heterocycles. The molecule has 0 spiro atoms. The number of rotatable bonds is 3. The van der Waals surface area contributed by atoms with Gasteiger partial charge >= 0.3 is 5.97 Å². The van der Waals surface area contributed by atoms with Crippen molar-refractivity contribution in [2.75, 3.05) is 13.7 Å². The normalized spacial score (nSPS) is 28.5. The van der Waals surface area contributed by atoms with Crippen LogP contribution in [0, 0.1) is 6.92 Å². The second-order valence-electron chi connectivity index (χ2n) is 5.72. The molecule has 0 aliphatic carbocycles. The molecule has 120 valence electrons. The minimum atomic E-state index is -3.76. The summed E-state index contributed by atoms with van der Waals surface area (Å²) in [4.78, 5) is 12.2. The molecule has 0 radical (unpaired) electrons. The molecule has 2 aliphatic rings. The molecule has 7 heteroatoms. The monoisotopic (exact) mass is 325 g/mol. The highest BCUT2D eigenvalue weighted by molar-refractivity contribution is 7.89. The van der Waals surface area contributed by atoms with Crippen molar-refractivity contribution in [2.24, 2.45) is 0 Å². The zero-order valence-electron chi connectivity index (χ0n) is 12.6. The molecule has 2 heterocycles. The minimum absolute atomic E-state index is 0.0605. The van der Waals surface area contributed by atoms with E-state index in [1.165, 1.54) is 11.4 Å². The summed E-state index contributed by atoms with van der Waals surface area (Å²) in [6.45, 7) is 2.09. The third-order valence-electron chi connectivity index (χ3n) is 4.22. The lowest BCUT2D eigenvalue weighted by Gasteiger charge is -2.27. The zero-order chi connectivity index (χ0) is 15.9. The summed E-state index contributed by atoms with van der Waals surface area (Å²) in [7, 11) is -2.48. The molecule has 3 rings (SSSR count). The maximum absolute atomic E-state index is 12.9. The second kappa shape index (κ2) is 5.64. The first-order valence-electron chi connectivity index (χ1n) is 7.25. The maximum atomic E-state index is 12.9. The van der Waals surface area contributed by atoms with Gasteiger partial charge in [-0.15, -0.1) is 0 Å². The summed E-state index contributed by atoms with van der Waals surface area (Å²) in [5, 5.41) is 0. The molecular weight excluding hydrogens is 306 g/mol. The lowest BCUT2D eigenvalue weighted by Crippen LogP contribution is -2.46. The molecule has 22 heavy (non-hydrogen) atoms.